The minimum absolute atomic E-state index is 0.214. The number of nitrogens with zero attached hydrogens (tertiary/aromatic N) is 4. The fourth-order valence-corrected chi connectivity index (χ4v) is 3.73. The molecule has 0 unspecified atom stereocenters. The molecule has 122 valence electrons. The smallest absolute Gasteiger partial charge is 0.237 e. The maximum atomic E-state index is 6.31. The van der Waals surface area contributed by atoms with E-state index in [4.69, 9.17) is 16.1 Å². The van der Waals surface area contributed by atoms with Crippen molar-refractivity contribution in [3.05, 3.63) is 63.8 Å². The highest BCUT2D eigenvalue weighted by Crippen LogP contribution is 2.41. The molecule has 5 nitrogen and oxygen atoms in total. The molecule has 1 aliphatic heterocycles. The van der Waals surface area contributed by atoms with Gasteiger partial charge in [0, 0.05) is 15.6 Å². The van der Waals surface area contributed by atoms with Gasteiger partial charge in [-0.2, -0.15) is 0 Å². The van der Waals surface area contributed by atoms with Crippen LogP contribution in [0.4, 0.5) is 0 Å². The molecule has 7 heteroatoms. The highest BCUT2D eigenvalue weighted by Gasteiger charge is 2.29. The minimum atomic E-state index is 0.214. The number of benzene rings is 2. The Morgan fingerprint density at radius 1 is 1.04 bits per heavy atom. The topological polar surface area (TPSA) is 56.7 Å². The standard InChI is InChI=1S/C18H10BrClN4O/c19-12-7-6-11-9-24-17(13(11)8-12)21-22-18(24)14-15(23-25-16(14)20)10-4-2-1-3-5-10/h1-8H,9H2. The Hall–Kier alpha value is -2.44. The second-order valence-corrected chi connectivity index (χ2v) is 7.04. The first-order valence-electron chi connectivity index (χ1n) is 7.65. The number of hydrogen-bond donors (Lipinski definition) is 0. The number of rotatable bonds is 2. The zero-order valence-corrected chi connectivity index (χ0v) is 15.1. The maximum Gasteiger partial charge on any atom is 0.237 e. The predicted octanol–water partition coefficient (Wildman–Crippen LogP) is 5.04. The van der Waals surface area contributed by atoms with E-state index >= 15 is 0 Å². The number of aromatic nitrogens is 4. The number of halogens is 2. The van der Waals surface area contributed by atoms with Gasteiger partial charge in [0.1, 0.15) is 11.3 Å². The van der Waals surface area contributed by atoms with E-state index in [0.29, 0.717) is 23.6 Å². The van der Waals surface area contributed by atoms with Gasteiger partial charge in [0.2, 0.25) is 5.22 Å². The predicted molar refractivity (Wildman–Crippen MR) is 98.2 cm³/mol. The summed E-state index contributed by atoms with van der Waals surface area (Å²) in [6, 6.07) is 15.9. The van der Waals surface area contributed by atoms with Gasteiger partial charge in [-0.1, -0.05) is 57.5 Å². The third-order valence-corrected chi connectivity index (χ3v) is 5.06. The van der Waals surface area contributed by atoms with Crippen molar-refractivity contribution in [2.45, 2.75) is 6.54 Å². The van der Waals surface area contributed by atoms with E-state index in [9.17, 15) is 0 Å². The molecule has 0 amide bonds. The van der Waals surface area contributed by atoms with Crippen LogP contribution in [0.1, 0.15) is 5.56 Å². The highest BCUT2D eigenvalue weighted by molar-refractivity contribution is 9.10. The van der Waals surface area contributed by atoms with Crippen molar-refractivity contribution in [2.75, 3.05) is 0 Å². The summed E-state index contributed by atoms with van der Waals surface area (Å²) in [4.78, 5) is 0. The largest absolute Gasteiger partial charge is 0.343 e. The Labute approximate surface area is 156 Å². The summed E-state index contributed by atoms with van der Waals surface area (Å²) in [7, 11) is 0. The van der Waals surface area contributed by atoms with E-state index in [1.165, 1.54) is 5.56 Å². The zero-order chi connectivity index (χ0) is 17.0. The molecule has 0 aliphatic carbocycles. The maximum absolute atomic E-state index is 6.31. The quantitative estimate of drug-likeness (QED) is 0.406. The van der Waals surface area contributed by atoms with Crippen molar-refractivity contribution in [1.82, 2.24) is 19.9 Å². The molecule has 0 radical (unpaired) electrons. The van der Waals surface area contributed by atoms with Crippen molar-refractivity contribution < 1.29 is 4.52 Å². The van der Waals surface area contributed by atoms with Crippen LogP contribution in [-0.4, -0.2) is 19.9 Å². The van der Waals surface area contributed by atoms with Crippen molar-refractivity contribution in [1.29, 1.82) is 0 Å². The summed E-state index contributed by atoms with van der Waals surface area (Å²) in [6.07, 6.45) is 0. The van der Waals surface area contributed by atoms with Crippen LogP contribution in [0.3, 0.4) is 0 Å². The van der Waals surface area contributed by atoms with E-state index < -0.39 is 0 Å². The summed E-state index contributed by atoms with van der Waals surface area (Å²) >= 11 is 9.82. The summed E-state index contributed by atoms with van der Waals surface area (Å²) in [5.41, 5.74) is 4.52. The fourth-order valence-electron chi connectivity index (χ4n) is 3.16. The van der Waals surface area contributed by atoms with E-state index in [1.54, 1.807) is 0 Å². The number of fused-ring (bicyclic) bond motifs is 3. The second kappa shape index (κ2) is 5.54. The van der Waals surface area contributed by atoms with Crippen LogP contribution in [0.15, 0.2) is 57.5 Å². The Kier molecular flexibility index (Phi) is 3.29. The summed E-state index contributed by atoms with van der Waals surface area (Å²) in [6.45, 7) is 0.690. The molecule has 0 bridgehead atoms. The Morgan fingerprint density at radius 2 is 1.84 bits per heavy atom. The molecule has 2 aromatic heterocycles. The van der Waals surface area contributed by atoms with Crippen LogP contribution in [-0.2, 0) is 6.54 Å². The molecule has 3 heterocycles. The SMILES string of the molecule is Clc1onc(-c2ccccc2)c1-c1nnc2n1Cc1ccc(Br)cc1-2. The molecule has 1 aliphatic rings. The first-order chi connectivity index (χ1) is 12.2. The zero-order valence-electron chi connectivity index (χ0n) is 12.8. The van der Waals surface area contributed by atoms with Gasteiger partial charge < -0.3 is 9.09 Å². The van der Waals surface area contributed by atoms with E-state index in [-0.39, 0.29) is 5.22 Å². The normalized spacial score (nSPS) is 12.2. The molecular formula is C18H10BrClN4O. The highest BCUT2D eigenvalue weighted by atomic mass is 79.9. The molecule has 0 spiro atoms. The molecule has 0 atom stereocenters. The van der Waals surface area contributed by atoms with Crippen LogP contribution in [0, 0.1) is 0 Å². The molecule has 0 N–H and O–H groups in total. The van der Waals surface area contributed by atoms with Crippen LogP contribution >= 0.6 is 27.5 Å². The third-order valence-electron chi connectivity index (χ3n) is 4.31. The lowest BCUT2D eigenvalue weighted by atomic mass is 10.1. The Morgan fingerprint density at radius 3 is 2.68 bits per heavy atom. The first-order valence-corrected chi connectivity index (χ1v) is 8.82. The van der Waals surface area contributed by atoms with Crippen molar-refractivity contribution in [2.24, 2.45) is 0 Å². The summed E-state index contributed by atoms with van der Waals surface area (Å²) in [5.74, 6) is 1.48. The average molecular weight is 414 g/mol. The van der Waals surface area contributed by atoms with Gasteiger partial charge in [0.05, 0.1) is 6.54 Å². The van der Waals surface area contributed by atoms with Gasteiger partial charge in [0.25, 0.3) is 0 Å². The molecule has 0 saturated heterocycles. The van der Waals surface area contributed by atoms with E-state index in [0.717, 1.165) is 21.4 Å². The number of hydrogen-bond acceptors (Lipinski definition) is 4. The van der Waals surface area contributed by atoms with Crippen molar-refractivity contribution in [3.8, 4) is 34.0 Å². The molecule has 2 aromatic carbocycles. The molecule has 25 heavy (non-hydrogen) atoms. The van der Waals surface area contributed by atoms with Crippen LogP contribution in [0.5, 0.6) is 0 Å². The van der Waals surface area contributed by atoms with Crippen LogP contribution < -0.4 is 0 Å². The minimum Gasteiger partial charge on any atom is -0.343 e. The molecule has 5 rings (SSSR count). The van der Waals surface area contributed by atoms with E-state index in [1.807, 2.05) is 41.0 Å². The Balaban J connectivity index is 1.70. The lowest BCUT2D eigenvalue weighted by Crippen LogP contribution is -1.98. The van der Waals surface area contributed by atoms with Gasteiger partial charge in [-0.25, -0.2) is 0 Å². The summed E-state index contributed by atoms with van der Waals surface area (Å²) in [5, 5.41) is 13.1. The van der Waals surface area contributed by atoms with Crippen LogP contribution in [0.2, 0.25) is 5.22 Å². The third kappa shape index (κ3) is 2.25. The second-order valence-electron chi connectivity index (χ2n) is 5.78. The molecule has 4 aromatic rings. The van der Waals surface area contributed by atoms with Gasteiger partial charge >= 0.3 is 0 Å². The Bertz CT molecular complexity index is 1100. The summed E-state index contributed by atoms with van der Waals surface area (Å²) < 4.78 is 8.31. The van der Waals surface area contributed by atoms with Crippen molar-refractivity contribution in [3.63, 3.8) is 0 Å². The van der Waals surface area contributed by atoms with Gasteiger partial charge in [-0.3, -0.25) is 0 Å². The first kappa shape index (κ1) is 14.9. The molecular weight excluding hydrogens is 404 g/mol. The van der Waals surface area contributed by atoms with E-state index in [2.05, 4.69) is 43.4 Å². The average Bonchev–Trinajstić information content (AvgIpc) is 3.29. The lowest BCUT2D eigenvalue weighted by molar-refractivity contribution is 0.424. The van der Waals surface area contributed by atoms with Gasteiger partial charge in [-0.15, -0.1) is 10.2 Å². The van der Waals surface area contributed by atoms with Crippen molar-refractivity contribution >= 4 is 27.5 Å². The monoisotopic (exact) mass is 412 g/mol. The fraction of sp³-hybridized carbons (Fsp3) is 0.0556. The van der Waals surface area contributed by atoms with Crippen LogP contribution in [0.25, 0.3) is 34.0 Å². The van der Waals surface area contributed by atoms with Gasteiger partial charge in [0.15, 0.2) is 11.6 Å². The molecule has 0 fully saturated rings. The lowest BCUT2D eigenvalue weighted by Gasteiger charge is -2.03. The molecule has 0 saturated carbocycles. The van der Waals surface area contributed by atoms with Gasteiger partial charge in [-0.05, 0) is 29.3 Å².